The molecule has 0 fully saturated rings. The smallest absolute Gasteiger partial charge is 0.259 e. The molecule has 0 aromatic rings. The number of nitriles is 1. The number of nitrogens with zero attached hydrogens (tertiary/aromatic N) is 1. The van der Waals surface area contributed by atoms with Crippen molar-refractivity contribution in [1.82, 2.24) is 0 Å². The van der Waals surface area contributed by atoms with Gasteiger partial charge in [-0.1, -0.05) is 0 Å². The number of carbonyl (C=O) groups excluding carboxylic acids is 1. The van der Waals surface area contributed by atoms with Crippen molar-refractivity contribution in [2.45, 2.75) is 13.8 Å². The summed E-state index contributed by atoms with van der Waals surface area (Å²) in [6.45, 7) is 3.33. The summed E-state index contributed by atoms with van der Waals surface area (Å²) in [5, 5.41) is 8.53. The van der Waals surface area contributed by atoms with Crippen LogP contribution >= 0.6 is 0 Å². The third kappa shape index (κ3) is 2.13. The van der Waals surface area contributed by atoms with E-state index in [1.54, 1.807) is 19.9 Å². The minimum atomic E-state index is -0.726. The van der Waals surface area contributed by atoms with Crippen LogP contribution in [-0.2, 0) is 4.79 Å². The maximum atomic E-state index is 10.7. The highest BCUT2D eigenvalue weighted by Gasteiger charge is 2.08. The normalized spacial score (nSPS) is 13.2. The molecule has 0 aromatic heterocycles. The molecule has 0 saturated carbocycles. The topological polar surface area (TPSA) is 92.9 Å². The fraction of sp³-hybridized carbons (Fsp3) is 0.250. The Bertz CT molecular complexity index is 294. The molecular weight excluding hydrogens is 154 g/mol. The van der Waals surface area contributed by atoms with Gasteiger partial charge in [0.1, 0.15) is 11.6 Å². The lowest BCUT2D eigenvalue weighted by molar-refractivity contribution is -0.114. The summed E-state index contributed by atoms with van der Waals surface area (Å²) in [7, 11) is 0. The summed E-state index contributed by atoms with van der Waals surface area (Å²) in [6.07, 6.45) is 1.33. The van der Waals surface area contributed by atoms with E-state index in [0.29, 0.717) is 11.1 Å². The zero-order valence-corrected chi connectivity index (χ0v) is 7.09. The molecule has 0 radical (unpaired) electrons. The summed E-state index contributed by atoms with van der Waals surface area (Å²) in [5.74, 6) is -0.726. The number of carbonyl (C=O) groups is 1. The predicted octanol–water partition coefficient (Wildman–Crippen LogP) is 0.174. The molecule has 64 valence electrons. The molecular formula is C8H11N3O. The number of rotatable bonds is 2. The molecule has 0 aromatic carbocycles. The lowest BCUT2D eigenvalue weighted by Gasteiger charge is -2.01. The molecule has 0 heterocycles. The summed E-state index contributed by atoms with van der Waals surface area (Å²) >= 11 is 0. The largest absolute Gasteiger partial charge is 0.404 e. The van der Waals surface area contributed by atoms with Gasteiger partial charge in [-0.25, -0.2) is 0 Å². The molecule has 12 heavy (non-hydrogen) atoms. The first-order chi connectivity index (χ1) is 5.54. The zero-order chi connectivity index (χ0) is 9.72. The minimum Gasteiger partial charge on any atom is -0.404 e. The molecule has 0 unspecified atom stereocenters. The second-order valence-corrected chi connectivity index (χ2v) is 2.33. The minimum absolute atomic E-state index is 0.0470. The quantitative estimate of drug-likeness (QED) is 0.347. The van der Waals surface area contributed by atoms with Gasteiger partial charge in [-0.05, 0) is 31.2 Å². The Morgan fingerprint density at radius 2 is 2.00 bits per heavy atom. The van der Waals surface area contributed by atoms with Crippen LogP contribution in [0.3, 0.4) is 0 Å². The Balaban J connectivity index is 5.16. The van der Waals surface area contributed by atoms with Crippen molar-refractivity contribution in [2.24, 2.45) is 11.5 Å². The number of amides is 1. The van der Waals surface area contributed by atoms with Gasteiger partial charge in [0.15, 0.2) is 0 Å². The van der Waals surface area contributed by atoms with Gasteiger partial charge in [0.25, 0.3) is 5.91 Å². The van der Waals surface area contributed by atoms with Crippen molar-refractivity contribution in [1.29, 1.82) is 5.26 Å². The van der Waals surface area contributed by atoms with Crippen molar-refractivity contribution in [3.63, 3.8) is 0 Å². The standard InChI is InChI=1S/C8H11N3O/c1-5(3-9)6(2)7(4-10)8(11)12/h3H,9H2,1-2H3,(H2,11,12). The molecule has 0 saturated heterocycles. The molecule has 4 nitrogen and oxygen atoms in total. The molecule has 4 N–H and O–H groups in total. The van der Waals surface area contributed by atoms with E-state index in [1.807, 2.05) is 0 Å². The highest BCUT2D eigenvalue weighted by molar-refractivity contribution is 5.97. The van der Waals surface area contributed by atoms with Crippen LogP contribution in [0.1, 0.15) is 13.8 Å². The van der Waals surface area contributed by atoms with E-state index in [9.17, 15) is 4.79 Å². The monoisotopic (exact) mass is 165 g/mol. The maximum absolute atomic E-state index is 10.7. The Kier molecular flexibility index (Phi) is 3.57. The highest BCUT2D eigenvalue weighted by atomic mass is 16.1. The van der Waals surface area contributed by atoms with Gasteiger partial charge in [0.2, 0.25) is 0 Å². The molecule has 0 aliphatic heterocycles. The summed E-state index contributed by atoms with van der Waals surface area (Å²) in [6, 6.07) is 1.73. The van der Waals surface area contributed by atoms with E-state index >= 15 is 0 Å². The van der Waals surface area contributed by atoms with Crippen LogP contribution in [-0.4, -0.2) is 5.91 Å². The van der Waals surface area contributed by atoms with E-state index in [1.165, 1.54) is 6.20 Å². The van der Waals surface area contributed by atoms with Crippen LogP contribution < -0.4 is 11.5 Å². The van der Waals surface area contributed by atoms with Crippen molar-refractivity contribution in [2.75, 3.05) is 0 Å². The average Bonchev–Trinajstić information content (AvgIpc) is 2.03. The molecule has 1 amide bonds. The number of primary amides is 1. The lowest BCUT2D eigenvalue weighted by Crippen LogP contribution is -2.14. The Morgan fingerprint density at radius 1 is 1.50 bits per heavy atom. The Hall–Kier alpha value is -1.76. The first-order valence-electron chi connectivity index (χ1n) is 3.34. The van der Waals surface area contributed by atoms with Gasteiger partial charge in [0.05, 0.1) is 0 Å². The van der Waals surface area contributed by atoms with Crippen molar-refractivity contribution < 1.29 is 4.79 Å². The number of allylic oxidation sites excluding steroid dienone is 2. The van der Waals surface area contributed by atoms with Gasteiger partial charge in [-0.2, -0.15) is 5.26 Å². The number of hydrogen-bond acceptors (Lipinski definition) is 3. The van der Waals surface area contributed by atoms with Gasteiger partial charge in [-0.15, -0.1) is 0 Å². The molecule has 0 spiro atoms. The summed E-state index contributed by atoms with van der Waals surface area (Å²) < 4.78 is 0. The fourth-order valence-electron chi connectivity index (χ4n) is 0.646. The third-order valence-corrected chi connectivity index (χ3v) is 1.57. The van der Waals surface area contributed by atoms with E-state index < -0.39 is 5.91 Å². The lowest BCUT2D eigenvalue weighted by atomic mass is 10.0. The van der Waals surface area contributed by atoms with Gasteiger partial charge in [-0.3, -0.25) is 4.79 Å². The van der Waals surface area contributed by atoms with E-state index in [2.05, 4.69) is 0 Å². The Morgan fingerprint density at radius 3 is 2.25 bits per heavy atom. The molecule has 0 aliphatic carbocycles. The average molecular weight is 165 g/mol. The fourth-order valence-corrected chi connectivity index (χ4v) is 0.646. The van der Waals surface area contributed by atoms with E-state index in [4.69, 9.17) is 16.7 Å². The summed E-state index contributed by atoms with van der Waals surface area (Å²) in [5.41, 5.74) is 11.3. The van der Waals surface area contributed by atoms with E-state index in [0.717, 1.165) is 0 Å². The van der Waals surface area contributed by atoms with Crippen molar-refractivity contribution in [3.05, 3.63) is 22.9 Å². The highest BCUT2D eigenvalue weighted by Crippen LogP contribution is 2.11. The van der Waals surface area contributed by atoms with Crippen molar-refractivity contribution >= 4 is 5.91 Å². The van der Waals surface area contributed by atoms with Crippen LogP contribution in [0.15, 0.2) is 22.9 Å². The Labute approximate surface area is 71.1 Å². The molecule has 0 bridgehead atoms. The SMILES string of the molecule is CC(=CN)C(C)=C(C#N)C(N)=O. The van der Waals surface area contributed by atoms with Crippen LogP contribution in [0.25, 0.3) is 0 Å². The third-order valence-electron chi connectivity index (χ3n) is 1.57. The molecule has 0 atom stereocenters. The number of hydrogen-bond donors (Lipinski definition) is 2. The van der Waals surface area contributed by atoms with Crippen LogP contribution in [0.5, 0.6) is 0 Å². The van der Waals surface area contributed by atoms with Gasteiger partial charge in [0, 0.05) is 0 Å². The van der Waals surface area contributed by atoms with Gasteiger partial charge >= 0.3 is 0 Å². The molecule has 4 heteroatoms. The second kappa shape index (κ2) is 4.19. The predicted molar refractivity (Wildman–Crippen MR) is 45.5 cm³/mol. The molecule has 0 aliphatic rings. The van der Waals surface area contributed by atoms with Crippen LogP contribution in [0, 0.1) is 11.3 Å². The van der Waals surface area contributed by atoms with Crippen molar-refractivity contribution in [3.8, 4) is 6.07 Å². The van der Waals surface area contributed by atoms with Crippen LogP contribution in [0.2, 0.25) is 0 Å². The zero-order valence-electron chi connectivity index (χ0n) is 7.09. The second-order valence-electron chi connectivity index (χ2n) is 2.33. The first-order valence-corrected chi connectivity index (χ1v) is 3.34. The summed E-state index contributed by atoms with van der Waals surface area (Å²) in [4.78, 5) is 10.7. The maximum Gasteiger partial charge on any atom is 0.259 e. The van der Waals surface area contributed by atoms with Gasteiger partial charge < -0.3 is 11.5 Å². The first kappa shape index (κ1) is 10.2. The molecule has 0 rings (SSSR count). The van der Waals surface area contributed by atoms with E-state index in [-0.39, 0.29) is 5.57 Å². The van der Waals surface area contributed by atoms with Crippen LogP contribution in [0.4, 0.5) is 0 Å². The number of nitrogens with two attached hydrogens (primary N) is 2.